The molecular weight excluding hydrogens is 356 g/mol. The van der Waals surface area contributed by atoms with Crippen LogP contribution in [0.1, 0.15) is 26.3 Å². The van der Waals surface area contributed by atoms with Gasteiger partial charge in [0.25, 0.3) is 5.91 Å². The van der Waals surface area contributed by atoms with Crippen molar-refractivity contribution in [3.05, 3.63) is 54.1 Å². The largest absolute Gasteiger partial charge is 0.492 e. The van der Waals surface area contributed by atoms with E-state index in [2.05, 4.69) is 38.2 Å². The van der Waals surface area contributed by atoms with Crippen molar-refractivity contribution in [1.82, 2.24) is 5.32 Å². The molecule has 2 aromatic carbocycles. The highest BCUT2D eigenvalue weighted by atomic mass is 16.5. The van der Waals surface area contributed by atoms with Gasteiger partial charge in [0, 0.05) is 0 Å². The second-order valence-corrected chi connectivity index (χ2v) is 7.71. The fourth-order valence-corrected chi connectivity index (χ4v) is 2.94. The molecule has 1 aliphatic heterocycles. The van der Waals surface area contributed by atoms with Gasteiger partial charge in [-0.25, -0.2) is 0 Å². The summed E-state index contributed by atoms with van der Waals surface area (Å²) >= 11 is 0. The summed E-state index contributed by atoms with van der Waals surface area (Å²) < 4.78 is 11.1. The van der Waals surface area contributed by atoms with Gasteiger partial charge in [0.2, 0.25) is 5.91 Å². The van der Waals surface area contributed by atoms with Gasteiger partial charge in [-0.15, -0.1) is 0 Å². The molecule has 1 aliphatic rings. The van der Waals surface area contributed by atoms with E-state index >= 15 is 0 Å². The Morgan fingerprint density at radius 1 is 1.14 bits per heavy atom. The molecule has 0 unspecified atom stereocenters. The molecule has 2 amide bonds. The van der Waals surface area contributed by atoms with E-state index in [4.69, 9.17) is 9.47 Å². The molecule has 0 saturated carbocycles. The number of benzene rings is 2. The summed E-state index contributed by atoms with van der Waals surface area (Å²) in [4.78, 5) is 25.8. The molecule has 0 radical (unpaired) electrons. The quantitative estimate of drug-likeness (QED) is 0.780. The molecule has 0 bridgehead atoms. The second-order valence-electron chi connectivity index (χ2n) is 7.71. The zero-order valence-electron chi connectivity index (χ0n) is 16.5. The number of nitrogens with zero attached hydrogens (tertiary/aromatic N) is 1. The molecule has 0 aliphatic carbocycles. The molecule has 0 spiro atoms. The number of carbonyl (C=O) groups excluding carboxylic acids is 2. The molecular formula is C22H26N2O4. The van der Waals surface area contributed by atoms with Crippen molar-refractivity contribution in [3.8, 4) is 11.5 Å². The summed E-state index contributed by atoms with van der Waals surface area (Å²) in [7, 11) is 0. The molecule has 6 nitrogen and oxygen atoms in total. The minimum atomic E-state index is -0.239. The maximum Gasteiger partial charge on any atom is 0.265 e. The third-order valence-corrected chi connectivity index (χ3v) is 4.52. The average Bonchev–Trinajstić information content (AvgIpc) is 2.67. The SMILES string of the molecule is CC(C)(C)c1ccc(OCCNC(=O)CN2C(=O)COc3ccccc32)cc1. The summed E-state index contributed by atoms with van der Waals surface area (Å²) in [6.07, 6.45) is 0. The van der Waals surface area contributed by atoms with Crippen molar-refractivity contribution in [2.75, 3.05) is 31.2 Å². The first-order valence-corrected chi connectivity index (χ1v) is 9.37. The Morgan fingerprint density at radius 3 is 2.57 bits per heavy atom. The fraction of sp³-hybridized carbons (Fsp3) is 0.364. The van der Waals surface area contributed by atoms with Crippen LogP contribution in [0.5, 0.6) is 11.5 Å². The Labute approximate surface area is 165 Å². The Kier molecular flexibility index (Phi) is 5.87. The molecule has 6 heteroatoms. The Balaban J connectivity index is 1.46. The number of para-hydroxylation sites is 2. The third-order valence-electron chi connectivity index (χ3n) is 4.52. The minimum Gasteiger partial charge on any atom is -0.492 e. The van der Waals surface area contributed by atoms with Crippen molar-refractivity contribution >= 4 is 17.5 Å². The molecule has 1 N–H and O–H groups in total. The normalized spacial score (nSPS) is 13.5. The van der Waals surface area contributed by atoms with Gasteiger partial charge in [-0.1, -0.05) is 45.0 Å². The number of fused-ring (bicyclic) bond motifs is 1. The van der Waals surface area contributed by atoms with E-state index in [1.165, 1.54) is 10.5 Å². The van der Waals surface area contributed by atoms with Crippen LogP contribution in [0.2, 0.25) is 0 Å². The predicted octanol–water partition coefficient (Wildman–Crippen LogP) is 2.90. The first kappa shape index (κ1) is 19.7. The smallest absolute Gasteiger partial charge is 0.265 e. The molecule has 3 rings (SSSR count). The van der Waals surface area contributed by atoms with E-state index in [1.807, 2.05) is 24.3 Å². The lowest BCUT2D eigenvalue weighted by molar-refractivity contribution is -0.125. The Bertz CT molecular complexity index is 840. The van der Waals surface area contributed by atoms with Gasteiger partial charge in [-0.3, -0.25) is 14.5 Å². The fourth-order valence-electron chi connectivity index (χ4n) is 2.94. The zero-order chi connectivity index (χ0) is 20.1. The summed E-state index contributed by atoms with van der Waals surface area (Å²) in [5.41, 5.74) is 1.95. The van der Waals surface area contributed by atoms with Gasteiger partial charge in [0.1, 0.15) is 24.7 Å². The molecule has 0 saturated heterocycles. The van der Waals surface area contributed by atoms with Crippen LogP contribution in [0.3, 0.4) is 0 Å². The van der Waals surface area contributed by atoms with Crippen LogP contribution in [0.4, 0.5) is 5.69 Å². The van der Waals surface area contributed by atoms with Crippen molar-refractivity contribution in [2.24, 2.45) is 0 Å². The summed E-state index contributed by atoms with van der Waals surface area (Å²) in [6.45, 7) is 7.10. The molecule has 148 valence electrons. The molecule has 1 heterocycles. The van der Waals surface area contributed by atoms with Crippen LogP contribution < -0.4 is 19.7 Å². The van der Waals surface area contributed by atoms with E-state index in [0.29, 0.717) is 24.6 Å². The zero-order valence-corrected chi connectivity index (χ0v) is 16.5. The van der Waals surface area contributed by atoms with Crippen molar-refractivity contribution in [1.29, 1.82) is 0 Å². The number of amides is 2. The highest BCUT2D eigenvalue weighted by Gasteiger charge is 2.26. The number of nitrogens with one attached hydrogen (secondary N) is 1. The van der Waals surface area contributed by atoms with Crippen LogP contribution in [-0.4, -0.2) is 38.1 Å². The van der Waals surface area contributed by atoms with Gasteiger partial charge in [-0.2, -0.15) is 0 Å². The number of hydrogen-bond donors (Lipinski definition) is 1. The monoisotopic (exact) mass is 382 g/mol. The number of rotatable bonds is 6. The van der Waals surface area contributed by atoms with E-state index in [-0.39, 0.29) is 30.4 Å². The second kappa shape index (κ2) is 8.33. The van der Waals surface area contributed by atoms with Crippen LogP contribution in [0, 0.1) is 0 Å². The van der Waals surface area contributed by atoms with E-state index in [1.54, 1.807) is 12.1 Å². The van der Waals surface area contributed by atoms with E-state index in [9.17, 15) is 9.59 Å². The van der Waals surface area contributed by atoms with Gasteiger partial charge < -0.3 is 14.8 Å². The van der Waals surface area contributed by atoms with Crippen molar-refractivity contribution in [3.63, 3.8) is 0 Å². The van der Waals surface area contributed by atoms with Gasteiger partial charge in [0.05, 0.1) is 12.2 Å². The third kappa shape index (κ3) is 4.82. The first-order valence-electron chi connectivity index (χ1n) is 9.37. The summed E-state index contributed by atoms with van der Waals surface area (Å²) in [5.74, 6) is 0.900. The number of hydrogen-bond acceptors (Lipinski definition) is 4. The lowest BCUT2D eigenvalue weighted by Gasteiger charge is -2.28. The van der Waals surface area contributed by atoms with E-state index in [0.717, 1.165) is 5.75 Å². The van der Waals surface area contributed by atoms with Gasteiger partial charge in [-0.05, 0) is 35.2 Å². The lowest BCUT2D eigenvalue weighted by Crippen LogP contribution is -2.45. The van der Waals surface area contributed by atoms with Crippen LogP contribution in [0.15, 0.2) is 48.5 Å². The Morgan fingerprint density at radius 2 is 1.86 bits per heavy atom. The van der Waals surface area contributed by atoms with Gasteiger partial charge in [0.15, 0.2) is 6.61 Å². The van der Waals surface area contributed by atoms with Crippen LogP contribution >= 0.6 is 0 Å². The van der Waals surface area contributed by atoms with E-state index < -0.39 is 0 Å². The molecule has 2 aromatic rings. The molecule has 28 heavy (non-hydrogen) atoms. The Hall–Kier alpha value is -3.02. The predicted molar refractivity (Wildman–Crippen MR) is 108 cm³/mol. The highest BCUT2D eigenvalue weighted by molar-refractivity contribution is 6.02. The number of ether oxygens (including phenoxy) is 2. The van der Waals surface area contributed by atoms with Crippen LogP contribution in [-0.2, 0) is 15.0 Å². The summed E-state index contributed by atoms with van der Waals surface area (Å²) in [6, 6.07) is 15.2. The minimum absolute atomic E-state index is 0.0422. The van der Waals surface area contributed by atoms with Crippen molar-refractivity contribution in [2.45, 2.75) is 26.2 Å². The first-order chi connectivity index (χ1) is 13.3. The number of anilines is 1. The maximum absolute atomic E-state index is 12.2. The van der Waals surface area contributed by atoms with Crippen molar-refractivity contribution < 1.29 is 19.1 Å². The van der Waals surface area contributed by atoms with Gasteiger partial charge >= 0.3 is 0 Å². The average molecular weight is 382 g/mol. The maximum atomic E-state index is 12.2. The molecule has 0 aromatic heterocycles. The molecule has 0 atom stereocenters. The topological polar surface area (TPSA) is 67.9 Å². The standard InChI is InChI=1S/C22H26N2O4/c1-22(2,3)16-8-10-17(11-9-16)27-13-12-23-20(25)14-24-18-6-4-5-7-19(18)28-15-21(24)26/h4-11H,12-15H2,1-3H3,(H,23,25). The lowest BCUT2D eigenvalue weighted by atomic mass is 9.87. The number of carbonyl (C=O) groups is 2. The van der Waals surface area contributed by atoms with Crippen LogP contribution in [0.25, 0.3) is 0 Å². The summed E-state index contributed by atoms with van der Waals surface area (Å²) in [5, 5.41) is 2.79. The highest BCUT2D eigenvalue weighted by Crippen LogP contribution is 2.31. The molecule has 0 fully saturated rings.